The van der Waals surface area contributed by atoms with Crippen LogP contribution in [0.25, 0.3) is 0 Å². The number of nitrogens with two attached hydrogens (primary N) is 2. The van der Waals surface area contributed by atoms with E-state index < -0.39 is 0 Å². The van der Waals surface area contributed by atoms with E-state index >= 15 is 0 Å². The van der Waals surface area contributed by atoms with Gasteiger partial charge < -0.3 is 11.5 Å². The Balaban J connectivity index is 2.43. The number of benzene rings is 2. The van der Waals surface area contributed by atoms with E-state index in [-0.39, 0.29) is 5.78 Å². The number of rotatable bonds is 4. The van der Waals surface area contributed by atoms with Crippen LogP contribution in [0.1, 0.15) is 40.9 Å². The van der Waals surface area contributed by atoms with Gasteiger partial charge in [0.25, 0.3) is 0 Å². The van der Waals surface area contributed by atoms with E-state index in [4.69, 9.17) is 11.5 Å². The van der Waals surface area contributed by atoms with Gasteiger partial charge >= 0.3 is 0 Å². The number of ketones is 1. The second-order valence-electron chi connectivity index (χ2n) is 4.87. The van der Waals surface area contributed by atoms with Gasteiger partial charge in [-0.2, -0.15) is 0 Å². The highest BCUT2D eigenvalue weighted by atomic mass is 16.1. The molecule has 4 N–H and O–H groups in total. The topological polar surface area (TPSA) is 69.1 Å². The second kappa shape index (κ2) is 5.78. The summed E-state index contributed by atoms with van der Waals surface area (Å²) in [6.07, 6.45) is 1.89. The van der Waals surface area contributed by atoms with Gasteiger partial charge in [-0.1, -0.05) is 26.0 Å². The van der Waals surface area contributed by atoms with Crippen LogP contribution in [0, 0.1) is 0 Å². The van der Waals surface area contributed by atoms with Crippen molar-refractivity contribution in [3.63, 3.8) is 0 Å². The molecule has 0 saturated heterocycles. The van der Waals surface area contributed by atoms with Gasteiger partial charge in [-0.3, -0.25) is 4.79 Å². The molecule has 20 heavy (non-hydrogen) atoms. The van der Waals surface area contributed by atoms with E-state index in [1.54, 1.807) is 18.2 Å². The fraction of sp³-hybridized carbons (Fsp3) is 0.235. The Morgan fingerprint density at radius 1 is 0.950 bits per heavy atom. The molecule has 0 radical (unpaired) electrons. The van der Waals surface area contributed by atoms with Gasteiger partial charge in [0.1, 0.15) is 0 Å². The smallest absolute Gasteiger partial charge is 0.195 e. The largest absolute Gasteiger partial charge is 0.399 e. The summed E-state index contributed by atoms with van der Waals surface area (Å²) >= 11 is 0. The lowest BCUT2D eigenvalue weighted by molar-refractivity contribution is 0.103. The SMILES string of the molecule is CCc1ccc(C(=O)c2ccc(N)cc2N)cc1CC. The highest BCUT2D eigenvalue weighted by molar-refractivity contribution is 6.12. The van der Waals surface area contributed by atoms with Gasteiger partial charge in [-0.05, 0) is 48.2 Å². The quantitative estimate of drug-likeness (QED) is 0.661. The molecule has 2 aromatic carbocycles. The third-order valence-corrected chi connectivity index (χ3v) is 3.55. The van der Waals surface area contributed by atoms with Crippen molar-refractivity contribution < 1.29 is 4.79 Å². The molecule has 0 aliphatic rings. The third-order valence-electron chi connectivity index (χ3n) is 3.55. The van der Waals surface area contributed by atoms with Gasteiger partial charge in [-0.25, -0.2) is 0 Å². The van der Waals surface area contributed by atoms with Crippen LogP contribution in [0.15, 0.2) is 36.4 Å². The molecule has 0 fully saturated rings. The Hall–Kier alpha value is -2.29. The van der Waals surface area contributed by atoms with Crippen LogP contribution in [0.3, 0.4) is 0 Å². The summed E-state index contributed by atoms with van der Waals surface area (Å²) in [6, 6.07) is 10.9. The maximum Gasteiger partial charge on any atom is 0.195 e. The first kappa shape index (κ1) is 14.1. The Morgan fingerprint density at radius 2 is 1.65 bits per heavy atom. The molecule has 0 amide bonds. The molecular weight excluding hydrogens is 248 g/mol. The number of aryl methyl sites for hydroxylation is 2. The monoisotopic (exact) mass is 268 g/mol. The van der Waals surface area contributed by atoms with E-state index in [0.29, 0.717) is 22.5 Å². The van der Waals surface area contributed by atoms with Crippen LogP contribution < -0.4 is 11.5 Å². The fourth-order valence-corrected chi connectivity index (χ4v) is 2.38. The minimum Gasteiger partial charge on any atom is -0.399 e. The van der Waals surface area contributed by atoms with Crippen LogP contribution in [0.4, 0.5) is 11.4 Å². The highest BCUT2D eigenvalue weighted by Crippen LogP contribution is 2.21. The van der Waals surface area contributed by atoms with Crippen molar-refractivity contribution in [2.24, 2.45) is 0 Å². The molecule has 0 heterocycles. The van der Waals surface area contributed by atoms with E-state index in [0.717, 1.165) is 12.8 Å². The Kier molecular flexibility index (Phi) is 4.08. The average Bonchev–Trinajstić information content (AvgIpc) is 2.45. The third kappa shape index (κ3) is 2.67. The van der Waals surface area contributed by atoms with Gasteiger partial charge in [-0.15, -0.1) is 0 Å². The number of hydrogen-bond donors (Lipinski definition) is 2. The molecule has 2 aromatic rings. The zero-order valence-corrected chi connectivity index (χ0v) is 11.9. The summed E-state index contributed by atoms with van der Waals surface area (Å²) in [5.74, 6) is -0.0557. The number of carbonyl (C=O) groups excluding carboxylic acids is 1. The van der Waals surface area contributed by atoms with Crippen LogP contribution in [0.5, 0.6) is 0 Å². The zero-order valence-electron chi connectivity index (χ0n) is 11.9. The van der Waals surface area contributed by atoms with Crippen LogP contribution in [0.2, 0.25) is 0 Å². The van der Waals surface area contributed by atoms with Gasteiger partial charge in [0.2, 0.25) is 0 Å². The van der Waals surface area contributed by atoms with E-state index in [1.807, 2.05) is 18.2 Å². The fourth-order valence-electron chi connectivity index (χ4n) is 2.38. The molecule has 3 nitrogen and oxygen atoms in total. The molecule has 104 valence electrons. The minimum atomic E-state index is -0.0557. The van der Waals surface area contributed by atoms with Crippen LogP contribution in [-0.2, 0) is 12.8 Å². The second-order valence-corrected chi connectivity index (χ2v) is 4.87. The highest BCUT2D eigenvalue weighted by Gasteiger charge is 2.13. The minimum absolute atomic E-state index is 0.0557. The van der Waals surface area contributed by atoms with Gasteiger partial charge in [0.05, 0.1) is 0 Å². The average molecular weight is 268 g/mol. The molecule has 0 bridgehead atoms. The molecule has 0 aliphatic carbocycles. The molecule has 0 aliphatic heterocycles. The van der Waals surface area contributed by atoms with Crippen molar-refractivity contribution >= 4 is 17.2 Å². The van der Waals surface area contributed by atoms with Crippen molar-refractivity contribution in [2.75, 3.05) is 11.5 Å². The first-order valence-electron chi connectivity index (χ1n) is 6.88. The van der Waals surface area contributed by atoms with Crippen LogP contribution >= 0.6 is 0 Å². The first-order chi connectivity index (χ1) is 9.56. The first-order valence-corrected chi connectivity index (χ1v) is 6.88. The summed E-state index contributed by atoms with van der Waals surface area (Å²) < 4.78 is 0. The summed E-state index contributed by atoms with van der Waals surface area (Å²) in [6.45, 7) is 4.22. The number of nitrogen functional groups attached to an aromatic ring is 2. The molecular formula is C17H20N2O. The predicted molar refractivity (Wildman–Crippen MR) is 83.9 cm³/mol. The maximum absolute atomic E-state index is 12.5. The molecule has 2 rings (SSSR count). The summed E-state index contributed by atoms with van der Waals surface area (Å²) in [5.41, 5.74) is 16.2. The molecule has 0 unspecified atom stereocenters. The van der Waals surface area contributed by atoms with E-state index in [9.17, 15) is 4.79 Å². The molecule has 0 spiro atoms. The summed E-state index contributed by atoms with van der Waals surface area (Å²) in [4.78, 5) is 12.5. The molecule has 0 aromatic heterocycles. The summed E-state index contributed by atoms with van der Waals surface area (Å²) in [5, 5.41) is 0. The van der Waals surface area contributed by atoms with Crippen molar-refractivity contribution in [3.8, 4) is 0 Å². The predicted octanol–water partition coefficient (Wildman–Crippen LogP) is 3.21. The Bertz CT molecular complexity index is 647. The molecule has 3 heteroatoms. The molecule has 0 saturated carbocycles. The van der Waals surface area contributed by atoms with Gasteiger partial charge in [0.15, 0.2) is 5.78 Å². The molecule has 0 atom stereocenters. The zero-order chi connectivity index (χ0) is 14.7. The Morgan fingerprint density at radius 3 is 2.25 bits per heavy atom. The Labute approximate surface area is 119 Å². The van der Waals surface area contributed by atoms with E-state index in [2.05, 4.69) is 13.8 Å². The maximum atomic E-state index is 12.5. The van der Waals surface area contributed by atoms with Crippen molar-refractivity contribution in [1.82, 2.24) is 0 Å². The van der Waals surface area contributed by atoms with E-state index in [1.165, 1.54) is 11.1 Å². The lowest BCUT2D eigenvalue weighted by Crippen LogP contribution is -2.07. The number of anilines is 2. The normalized spacial score (nSPS) is 10.5. The standard InChI is InChI=1S/C17H20N2O/c1-3-11-5-6-13(9-12(11)4-2)17(20)15-8-7-14(18)10-16(15)19/h5-10H,3-4,18-19H2,1-2H3. The lowest BCUT2D eigenvalue weighted by Gasteiger charge is -2.10. The van der Waals surface area contributed by atoms with Gasteiger partial charge in [0, 0.05) is 22.5 Å². The lowest BCUT2D eigenvalue weighted by atomic mass is 9.95. The number of carbonyl (C=O) groups is 1. The van der Waals surface area contributed by atoms with Crippen molar-refractivity contribution in [2.45, 2.75) is 26.7 Å². The van der Waals surface area contributed by atoms with Crippen molar-refractivity contribution in [1.29, 1.82) is 0 Å². The summed E-state index contributed by atoms with van der Waals surface area (Å²) in [7, 11) is 0. The number of hydrogen-bond acceptors (Lipinski definition) is 3. The van der Waals surface area contributed by atoms with Crippen LogP contribution in [-0.4, -0.2) is 5.78 Å². The van der Waals surface area contributed by atoms with Crippen molar-refractivity contribution in [3.05, 3.63) is 58.7 Å².